The summed E-state index contributed by atoms with van der Waals surface area (Å²) in [7, 11) is 3.08. The van der Waals surface area contributed by atoms with E-state index < -0.39 is 69.7 Å². The van der Waals surface area contributed by atoms with Crippen molar-refractivity contribution in [3.05, 3.63) is 39.9 Å². The molecule has 3 aliphatic carbocycles. The van der Waals surface area contributed by atoms with E-state index in [-0.39, 0.29) is 47.5 Å². The number of phenolic OH excluding ortho intramolecular Hbond substituents is 2. The summed E-state index contributed by atoms with van der Waals surface area (Å²) >= 11 is 0. The molecule has 1 saturated heterocycles. The molecule has 214 valence electrons. The lowest BCUT2D eigenvalue weighted by atomic mass is 9.58. The number of ketones is 2. The average Bonchev–Trinajstić information content (AvgIpc) is 3.37. The van der Waals surface area contributed by atoms with Crippen molar-refractivity contribution in [1.82, 2.24) is 9.80 Å². The van der Waals surface area contributed by atoms with Crippen LogP contribution in [0.15, 0.2) is 28.7 Å². The number of carbonyl (C=O) groups is 4. The first kappa shape index (κ1) is 27.6. The number of likely N-dealkylation sites (N-methyl/N-ethyl adjacent to an activating group) is 1. The van der Waals surface area contributed by atoms with E-state index in [0.717, 1.165) is 32.0 Å². The number of primary amides is 1. The smallest absolute Gasteiger partial charge is 0.255 e. The topological polar surface area (TPSA) is 214 Å². The molecule has 13 nitrogen and oxygen atoms in total. The predicted molar refractivity (Wildman–Crippen MR) is 140 cm³/mol. The maximum absolute atomic E-state index is 13.8. The lowest BCUT2D eigenvalue weighted by molar-refractivity contribution is -0.148. The Balaban J connectivity index is 1.58. The fraction of sp³-hybridized carbons (Fsp3) is 0.481. The number of amides is 2. The van der Waals surface area contributed by atoms with Crippen molar-refractivity contribution in [3.63, 3.8) is 0 Å². The Kier molecular flexibility index (Phi) is 6.63. The molecule has 1 fully saturated rings. The molecule has 40 heavy (non-hydrogen) atoms. The molecule has 1 aromatic rings. The molecule has 0 unspecified atom stereocenters. The third-order valence-electron chi connectivity index (χ3n) is 8.54. The van der Waals surface area contributed by atoms with E-state index in [4.69, 9.17) is 5.73 Å². The Morgan fingerprint density at radius 2 is 1.80 bits per heavy atom. The van der Waals surface area contributed by atoms with Gasteiger partial charge in [0.25, 0.3) is 5.91 Å². The number of benzene rings is 1. The monoisotopic (exact) mass is 556 g/mol. The molecule has 1 aromatic carbocycles. The molecule has 2 amide bonds. The minimum Gasteiger partial charge on any atom is -0.510 e. The van der Waals surface area contributed by atoms with Gasteiger partial charge < -0.3 is 36.6 Å². The van der Waals surface area contributed by atoms with Crippen LogP contribution in [-0.4, -0.2) is 104 Å². The number of aromatic hydroxyl groups is 2. The normalized spacial score (nSPS) is 28.4. The number of nitrogens with zero attached hydrogens (tertiary/aromatic N) is 2. The van der Waals surface area contributed by atoms with E-state index in [1.807, 2.05) is 4.90 Å². The van der Waals surface area contributed by atoms with Gasteiger partial charge in [-0.1, -0.05) is 0 Å². The van der Waals surface area contributed by atoms with Gasteiger partial charge in [-0.3, -0.25) is 29.0 Å². The van der Waals surface area contributed by atoms with Gasteiger partial charge in [0.15, 0.2) is 17.1 Å². The van der Waals surface area contributed by atoms with Crippen LogP contribution in [0.1, 0.15) is 35.2 Å². The molecule has 1 heterocycles. The fourth-order valence-corrected chi connectivity index (χ4v) is 6.73. The van der Waals surface area contributed by atoms with Crippen LogP contribution in [0, 0.1) is 11.8 Å². The lowest BCUT2D eigenvalue weighted by Crippen LogP contribution is -2.63. The first-order valence-electron chi connectivity index (χ1n) is 13.0. The number of aliphatic hydroxyl groups is 3. The highest BCUT2D eigenvalue weighted by molar-refractivity contribution is 6.25. The van der Waals surface area contributed by atoms with Gasteiger partial charge in [-0.2, -0.15) is 0 Å². The number of hydrogen-bond donors (Lipinski definition) is 7. The standard InChI is InChI=1S/C27H32N4O9/c1-30(2)20-13-8-11-7-12-15(32)9-14(29-16(33)10-31-5-3-4-6-31)21(34)18(12)22(35)17(11)24(37)27(13,40)25(38)19(23(20)36)26(28)39/h9,11,13,20,32,34,36-37,40H,3-8,10H2,1-2H3,(H2,28,39)(H,29,33)/t11-,13-,20-,27-/m0/s1. The quantitative estimate of drug-likeness (QED) is 0.144. The highest BCUT2D eigenvalue weighted by Gasteiger charge is 2.63. The number of hydrogen-bond acceptors (Lipinski definition) is 11. The van der Waals surface area contributed by atoms with Gasteiger partial charge in [0.05, 0.1) is 23.8 Å². The van der Waals surface area contributed by atoms with E-state index in [0.29, 0.717) is 0 Å². The lowest BCUT2D eigenvalue weighted by Gasteiger charge is -2.50. The Bertz CT molecular complexity index is 1410. The van der Waals surface area contributed by atoms with Crippen LogP contribution in [0.4, 0.5) is 5.69 Å². The van der Waals surface area contributed by atoms with Crippen molar-refractivity contribution in [1.29, 1.82) is 0 Å². The maximum atomic E-state index is 13.8. The van der Waals surface area contributed by atoms with Crippen molar-refractivity contribution in [2.24, 2.45) is 17.6 Å². The number of likely N-dealkylation sites (tertiary alicyclic amines) is 1. The SMILES string of the molecule is CN(C)[C@@H]1C(O)=C(C(N)=O)C(=O)[C@@]2(O)C(O)=C3C(=O)c4c(O)c(NC(=O)CN5CCCC5)cc(O)c4C[C@H]3C[C@@H]12. The number of phenols is 2. The van der Waals surface area contributed by atoms with Gasteiger partial charge in [0, 0.05) is 23.1 Å². The van der Waals surface area contributed by atoms with Crippen molar-refractivity contribution in [2.45, 2.75) is 37.3 Å². The van der Waals surface area contributed by atoms with Crippen LogP contribution >= 0.6 is 0 Å². The molecule has 8 N–H and O–H groups in total. The van der Waals surface area contributed by atoms with E-state index in [9.17, 15) is 44.7 Å². The average molecular weight is 557 g/mol. The number of nitrogens with two attached hydrogens (primary N) is 1. The molecule has 4 atom stereocenters. The van der Waals surface area contributed by atoms with Crippen molar-refractivity contribution >= 4 is 29.1 Å². The predicted octanol–water partition coefficient (Wildman–Crippen LogP) is -0.139. The molecule has 5 rings (SSSR count). The molecule has 1 aliphatic heterocycles. The van der Waals surface area contributed by atoms with Crippen molar-refractivity contribution in [3.8, 4) is 11.5 Å². The number of aliphatic hydroxyl groups excluding tert-OH is 2. The zero-order chi connectivity index (χ0) is 29.3. The first-order valence-corrected chi connectivity index (χ1v) is 13.0. The second kappa shape index (κ2) is 9.61. The Morgan fingerprint density at radius 1 is 1.15 bits per heavy atom. The zero-order valence-electron chi connectivity index (χ0n) is 22.1. The van der Waals surface area contributed by atoms with Crippen molar-refractivity contribution < 1.29 is 44.7 Å². The second-order valence-corrected chi connectivity index (χ2v) is 11.1. The Hall–Kier alpha value is -3.94. The van der Waals surface area contributed by atoms with E-state index in [1.54, 1.807) is 0 Å². The molecular formula is C27H32N4O9. The highest BCUT2D eigenvalue weighted by atomic mass is 16.3. The summed E-state index contributed by atoms with van der Waals surface area (Å²) in [5.74, 6) is -8.69. The maximum Gasteiger partial charge on any atom is 0.255 e. The number of carbonyl (C=O) groups excluding carboxylic acids is 4. The van der Waals surface area contributed by atoms with E-state index >= 15 is 0 Å². The summed E-state index contributed by atoms with van der Waals surface area (Å²) in [4.78, 5) is 55.2. The van der Waals surface area contributed by atoms with Gasteiger partial charge in [-0.05, 0) is 58.8 Å². The Morgan fingerprint density at radius 3 is 2.40 bits per heavy atom. The number of allylic oxidation sites excluding steroid dienone is 1. The summed E-state index contributed by atoms with van der Waals surface area (Å²) < 4.78 is 0. The Labute approximate surface area is 229 Å². The summed E-state index contributed by atoms with van der Waals surface area (Å²) in [5, 5.41) is 58.2. The third-order valence-corrected chi connectivity index (χ3v) is 8.54. The summed E-state index contributed by atoms with van der Waals surface area (Å²) in [6, 6.07) is 0.0398. The van der Waals surface area contributed by atoms with Crippen molar-refractivity contribution in [2.75, 3.05) is 39.0 Å². The zero-order valence-corrected chi connectivity index (χ0v) is 22.1. The number of anilines is 1. The molecule has 0 spiro atoms. The van der Waals surface area contributed by atoms with Gasteiger partial charge >= 0.3 is 0 Å². The number of nitrogens with one attached hydrogen (secondary N) is 1. The molecule has 0 aromatic heterocycles. The van der Waals surface area contributed by atoms with Crippen LogP contribution in [0.5, 0.6) is 11.5 Å². The third kappa shape index (κ3) is 3.95. The molecule has 0 bridgehead atoms. The molecule has 4 aliphatic rings. The molecular weight excluding hydrogens is 524 g/mol. The van der Waals surface area contributed by atoms with E-state index in [2.05, 4.69) is 5.32 Å². The van der Waals surface area contributed by atoms with Gasteiger partial charge in [-0.15, -0.1) is 0 Å². The van der Waals surface area contributed by atoms with Gasteiger partial charge in [-0.25, -0.2) is 0 Å². The van der Waals surface area contributed by atoms with E-state index in [1.165, 1.54) is 19.0 Å². The number of fused-ring (bicyclic) bond motifs is 3. The highest BCUT2D eigenvalue weighted by Crippen LogP contribution is 2.53. The summed E-state index contributed by atoms with van der Waals surface area (Å²) in [6.07, 6.45) is 1.78. The van der Waals surface area contributed by atoms with Gasteiger partial charge in [0.1, 0.15) is 22.8 Å². The second-order valence-electron chi connectivity index (χ2n) is 11.1. The summed E-state index contributed by atoms with van der Waals surface area (Å²) in [6.45, 7) is 1.57. The van der Waals surface area contributed by atoms with Crippen LogP contribution in [0.3, 0.4) is 0 Å². The minimum atomic E-state index is -2.76. The molecule has 0 radical (unpaired) electrons. The molecule has 13 heteroatoms. The fourth-order valence-electron chi connectivity index (χ4n) is 6.73. The number of Topliss-reactive ketones (excluding diaryl/α,β-unsaturated/α-hetero) is 2. The summed E-state index contributed by atoms with van der Waals surface area (Å²) in [5.41, 5.74) is 0.826. The van der Waals surface area contributed by atoms with Gasteiger partial charge in [0.2, 0.25) is 11.7 Å². The van der Waals surface area contributed by atoms with Crippen LogP contribution < -0.4 is 11.1 Å². The number of rotatable bonds is 5. The minimum absolute atomic E-state index is 0.0596. The van der Waals surface area contributed by atoms with Crippen LogP contribution in [-0.2, 0) is 20.8 Å². The first-order chi connectivity index (χ1) is 18.8. The van der Waals surface area contributed by atoms with Crippen LogP contribution in [0.2, 0.25) is 0 Å². The van der Waals surface area contributed by atoms with Crippen LogP contribution in [0.25, 0.3) is 0 Å². The largest absolute Gasteiger partial charge is 0.510 e. The molecule has 0 saturated carbocycles.